The van der Waals surface area contributed by atoms with Crippen LogP contribution in [0.5, 0.6) is 0 Å². The number of benzene rings is 2. The van der Waals surface area contributed by atoms with Crippen molar-refractivity contribution in [3.05, 3.63) is 76.1 Å². The number of rotatable bonds is 4. The maximum atomic E-state index is 13.9. The predicted octanol–water partition coefficient (Wildman–Crippen LogP) is 4.87. The van der Waals surface area contributed by atoms with E-state index in [4.69, 9.17) is 4.74 Å². The second kappa shape index (κ2) is 9.18. The number of Topliss-reactive ketones (excluding diaryl/α,β-unsaturated/α-hetero) is 2. The van der Waals surface area contributed by atoms with E-state index in [9.17, 15) is 14.4 Å². The van der Waals surface area contributed by atoms with Gasteiger partial charge in [-0.1, -0.05) is 44.2 Å². The lowest BCUT2D eigenvalue weighted by Gasteiger charge is -2.40. The summed E-state index contributed by atoms with van der Waals surface area (Å²) in [6.07, 6.45) is -0.230. The highest BCUT2D eigenvalue weighted by atomic mass is 16.5. The lowest BCUT2D eigenvalue weighted by atomic mass is 9.88. The van der Waals surface area contributed by atoms with E-state index in [0.717, 1.165) is 5.56 Å². The topological polar surface area (TPSA) is 66.9 Å². The molecule has 0 radical (unpaired) electrons. The van der Waals surface area contributed by atoms with Crippen LogP contribution in [-0.4, -0.2) is 47.7 Å². The lowest BCUT2D eigenvalue weighted by molar-refractivity contribution is -0.116. The molecule has 178 valence electrons. The van der Waals surface area contributed by atoms with Crippen molar-refractivity contribution in [1.82, 2.24) is 4.90 Å². The molecule has 0 bridgehead atoms. The summed E-state index contributed by atoms with van der Waals surface area (Å²) in [6, 6.07) is 12.6. The van der Waals surface area contributed by atoms with Gasteiger partial charge in [-0.3, -0.25) is 19.3 Å². The summed E-state index contributed by atoms with van der Waals surface area (Å²) in [4.78, 5) is 44.1. The molecule has 1 heterocycles. The molecule has 0 aromatic heterocycles. The van der Waals surface area contributed by atoms with Gasteiger partial charge in [0.2, 0.25) is 17.5 Å². The number of anilines is 1. The normalized spacial score (nSPS) is 20.6. The number of carbonyl (C=O) groups excluding carboxylic acids is 3. The van der Waals surface area contributed by atoms with E-state index in [0.29, 0.717) is 35.8 Å². The summed E-state index contributed by atoms with van der Waals surface area (Å²) >= 11 is 0. The maximum absolute atomic E-state index is 13.9. The van der Waals surface area contributed by atoms with Crippen LogP contribution in [0.2, 0.25) is 0 Å². The number of amides is 1. The van der Waals surface area contributed by atoms with Crippen molar-refractivity contribution in [3.8, 4) is 0 Å². The Morgan fingerprint density at radius 1 is 1.00 bits per heavy atom. The third-order valence-corrected chi connectivity index (χ3v) is 6.48. The summed E-state index contributed by atoms with van der Waals surface area (Å²) in [5.41, 5.74) is 3.87. The molecule has 4 rings (SSSR count). The molecule has 1 aliphatic heterocycles. The van der Waals surface area contributed by atoms with Gasteiger partial charge in [0.25, 0.3) is 0 Å². The van der Waals surface area contributed by atoms with Crippen LogP contribution < -0.4 is 4.90 Å². The largest absolute Gasteiger partial charge is 0.372 e. The second-order valence-electron chi connectivity index (χ2n) is 9.61. The van der Waals surface area contributed by atoms with E-state index in [1.165, 1.54) is 17.4 Å². The van der Waals surface area contributed by atoms with Gasteiger partial charge in [0.05, 0.1) is 12.2 Å². The Morgan fingerprint density at radius 3 is 2.12 bits per heavy atom. The molecule has 34 heavy (non-hydrogen) atoms. The van der Waals surface area contributed by atoms with Gasteiger partial charge in [-0.05, 0) is 49.9 Å². The van der Waals surface area contributed by atoms with Gasteiger partial charge in [0, 0.05) is 36.8 Å². The summed E-state index contributed by atoms with van der Waals surface area (Å²) in [7, 11) is 0. The minimum Gasteiger partial charge on any atom is -0.372 e. The van der Waals surface area contributed by atoms with E-state index in [-0.39, 0.29) is 41.1 Å². The summed E-state index contributed by atoms with van der Waals surface area (Å²) in [5, 5.41) is 0. The van der Waals surface area contributed by atoms with Crippen LogP contribution in [0.1, 0.15) is 72.4 Å². The number of allylic oxidation sites excluding steroid dienone is 2. The van der Waals surface area contributed by atoms with E-state index in [1.54, 1.807) is 24.3 Å². The van der Waals surface area contributed by atoms with E-state index in [2.05, 4.69) is 13.8 Å². The SMILES string of the molecule is CC(=O)N(C1=C(N2C[C@@H](C)O[C@@H](C)C2)C(=O)c2ccccc2C1=O)c1ccc(C(C)C)c(C)c1. The molecule has 6 heteroatoms. The number of fused-ring (bicyclic) bond motifs is 1. The van der Waals surface area contributed by atoms with Crippen LogP contribution in [0.15, 0.2) is 53.9 Å². The first-order valence-electron chi connectivity index (χ1n) is 11.8. The van der Waals surface area contributed by atoms with Gasteiger partial charge >= 0.3 is 0 Å². The Morgan fingerprint density at radius 2 is 1.59 bits per heavy atom. The van der Waals surface area contributed by atoms with Crippen LogP contribution in [0.3, 0.4) is 0 Å². The first kappa shape index (κ1) is 23.9. The van der Waals surface area contributed by atoms with Crippen molar-refractivity contribution in [1.29, 1.82) is 0 Å². The molecule has 2 aromatic rings. The molecule has 2 atom stereocenters. The van der Waals surface area contributed by atoms with Crippen molar-refractivity contribution in [2.75, 3.05) is 18.0 Å². The number of carbonyl (C=O) groups is 3. The van der Waals surface area contributed by atoms with Crippen LogP contribution in [-0.2, 0) is 9.53 Å². The van der Waals surface area contributed by atoms with E-state index in [1.807, 2.05) is 43.9 Å². The monoisotopic (exact) mass is 460 g/mol. The highest BCUT2D eigenvalue weighted by molar-refractivity contribution is 6.29. The van der Waals surface area contributed by atoms with Crippen molar-refractivity contribution < 1.29 is 19.1 Å². The van der Waals surface area contributed by atoms with Gasteiger partial charge in [-0.25, -0.2) is 0 Å². The molecule has 1 fully saturated rings. The molecule has 0 unspecified atom stereocenters. The highest BCUT2D eigenvalue weighted by Crippen LogP contribution is 2.35. The molecule has 1 saturated heterocycles. The fourth-order valence-electron chi connectivity index (χ4n) is 5.13. The van der Waals surface area contributed by atoms with Crippen LogP contribution >= 0.6 is 0 Å². The Labute approximate surface area is 201 Å². The van der Waals surface area contributed by atoms with Crippen LogP contribution in [0.4, 0.5) is 5.69 Å². The van der Waals surface area contributed by atoms with Crippen molar-refractivity contribution in [2.24, 2.45) is 0 Å². The molecule has 2 aromatic carbocycles. The third-order valence-electron chi connectivity index (χ3n) is 6.48. The first-order valence-corrected chi connectivity index (χ1v) is 11.8. The van der Waals surface area contributed by atoms with Gasteiger partial charge in [0.15, 0.2) is 0 Å². The van der Waals surface area contributed by atoms with Crippen molar-refractivity contribution in [2.45, 2.75) is 59.7 Å². The Balaban J connectivity index is 1.95. The fourth-order valence-corrected chi connectivity index (χ4v) is 5.13. The summed E-state index contributed by atoms with van der Waals surface area (Å²) in [5.74, 6) is -0.555. The number of ketones is 2. The van der Waals surface area contributed by atoms with Gasteiger partial charge in [-0.15, -0.1) is 0 Å². The molecule has 0 spiro atoms. The predicted molar refractivity (Wildman–Crippen MR) is 132 cm³/mol. The zero-order valence-corrected chi connectivity index (χ0v) is 20.7. The molecular formula is C28H32N2O4. The molecule has 6 nitrogen and oxygen atoms in total. The zero-order chi connectivity index (χ0) is 24.7. The number of hydrogen-bond donors (Lipinski definition) is 0. The van der Waals surface area contributed by atoms with Crippen molar-refractivity contribution in [3.63, 3.8) is 0 Å². The summed E-state index contributed by atoms with van der Waals surface area (Å²) in [6.45, 7) is 12.5. The number of nitrogens with zero attached hydrogens (tertiary/aromatic N) is 2. The zero-order valence-electron chi connectivity index (χ0n) is 20.7. The standard InChI is InChI=1S/C28H32N2O4/c1-16(2)22-12-11-21(13-17(22)3)30(20(6)31)26-25(29-14-18(4)34-19(5)15-29)27(32)23-9-7-8-10-24(23)28(26)33/h7-13,16,18-19H,14-15H2,1-6H3/t18-,19+. The number of morpholine rings is 1. The second-order valence-corrected chi connectivity index (χ2v) is 9.61. The smallest absolute Gasteiger partial charge is 0.228 e. The van der Waals surface area contributed by atoms with Gasteiger partial charge in [-0.2, -0.15) is 0 Å². The Hall–Kier alpha value is -3.25. The fraction of sp³-hybridized carbons (Fsp3) is 0.393. The quantitative estimate of drug-likeness (QED) is 0.651. The number of ether oxygens (including phenoxy) is 1. The molecule has 2 aliphatic rings. The minimum atomic E-state index is -0.321. The van der Waals surface area contributed by atoms with Gasteiger partial charge < -0.3 is 9.64 Å². The number of aryl methyl sites for hydroxylation is 1. The van der Waals surface area contributed by atoms with Gasteiger partial charge in [0.1, 0.15) is 11.4 Å². The molecular weight excluding hydrogens is 428 g/mol. The molecule has 1 amide bonds. The summed E-state index contributed by atoms with van der Waals surface area (Å²) < 4.78 is 5.88. The maximum Gasteiger partial charge on any atom is 0.228 e. The van der Waals surface area contributed by atoms with E-state index < -0.39 is 0 Å². The molecule has 0 N–H and O–H groups in total. The van der Waals surface area contributed by atoms with Crippen LogP contribution in [0, 0.1) is 6.92 Å². The third kappa shape index (κ3) is 4.18. The number of hydrogen-bond acceptors (Lipinski definition) is 5. The average Bonchev–Trinajstić information content (AvgIpc) is 2.76. The van der Waals surface area contributed by atoms with Crippen molar-refractivity contribution >= 4 is 23.2 Å². The lowest BCUT2D eigenvalue weighted by Crippen LogP contribution is -2.49. The average molecular weight is 461 g/mol. The molecule has 1 aliphatic carbocycles. The molecule has 0 saturated carbocycles. The van der Waals surface area contributed by atoms with E-state index >= 15 is 0 Å². The minimum absolute atomic E-state index is 0.115. The Bertz CT molecular complexity index is 1190. The highest BCUT2D eigenvalue weighted by Gasteiger charge is 2.41. The Kier molecular flexibility index (Phi) is 6.45. The first-order chi connectivity index (χ1) is 16.1. The van der Waals surface area contributed by atoms with Crippen LogP contribution in [0.25, 0.3) is 0 Å².